The van der Waals surface area contributed by atoms with Gasteiger partial charge in [-0.1, -0.05) is 12.2 Å². The van der Waals surface area contributed by atoms with Crippen molar-refractivity contribution < 1.29 is 0 Å². The van der Waals surface area contributed by atoms with Crippen LogP contribution in [0, 0.1) is 18.3 Å². The summed E-state index contributed by atoms with van der Waals surface area (Å²) >= 11 is 1.80. The Labute approximate surface area is 204 Å². The Hall–Kier alpha value is -3.44. The number of fused-ring (bicyclic) bond motifs is 1. The van der Waals surface area contributed by atoms with Crippen LogP contribution in [0.1, 0.15) is 27.1 Å². The topological polar surface area (TPSA) is 71.0 Å². The number of aromatic nitrogens is 2. The smallest absolute Gasteiger partial charge is 0.103 e. The Kier molecular flexibility index (Phi) is 6.45. The second kappa shape index (κ2) is 9.82. The summed E-state index contributed by atoms with van der Waals surface area (Å²) in [5.74, 6) is 0. The summed E-state index contributed by atoms with van der Waals surface area (Å²) in [6.45, 7) is 7.60. The van der Waals surface area contributed by atoms with Crippen LogP contribution < -0.4 is 5.32 Å². The third-order valence-corrected chi connectivity index (χ3v) is 7.40. The van der Waals surface area contributed by atoms with Gasteiger partial charge in [0.15, 0.2) is 0 Å². The number of nitrogens with one attached hydrogen (secondary N) is 2. The van der Waals surface area contributed by atoms with Gasteiger partial charge in [-0.05, 0) is 54.7 Å². The maximum atomic E-state index is 9.72. The van der Waals surface area contributed by atoms with Gasteiger partial charge in [0.25, 0.3) is 0 Å². The number of likely N-dealkylation sites (N-methyl/N-ethyl adjacent to an activating group) is 1. The number of anilines is 2. The molecule has 0 atom stereocenters. The number of H-pyrrole nitrogens is 1. The number of hydrogen-bond donors (Lipinski definition) is 2. The van der Waals surface area contributed by atoms with Crippen molar-refractivity contribution in [2.24, 2.45) is 0 Å². The number of benzene rings is 1. The lowest BCUT2D eigenvalue weighted by atomic mass is 10.1. The SMILES string of the molecule is Cc1c(Nc2c(C#N)cncc2C=Cc2csc(CN3CCN(C)CC3)c2)ccc2[nH]ccc12. The van der Waals surface area contributed by atoms with Gasteiger partial charge in [0.1, 0.15) is 6.07 Å². The summed E-state index contributed by atoms with van der Waals surface area (Å²) < 4.78 is 0. The third kappa shape index (κ3) is 4.75. The maximum absolute atomic E-state index is 9.72. The Morgan fingerprint density at radius 2 is 2.03 bits per heavy atom. The van der Waals surface area contributed by atoms with Crippen molar-refractivity contribution in [3.8, 4) is 6.07 Å². The second-order valence-corrected chi connectivity index (χ2v) is 9.82. The Balaban J connectivity index is 1.37. The zero-order valence-corrected chi connectivity index (χ0v) is 20.3. The molecule has 4 aromatic rings. The largest absolute Gasteiger partial charge is 0.361 e. The van der Waals surface area contributed by atoms with Crippen molar-refractivity contribution in [3.05, 3.63) is 75.4 Å². The number of nitriles is 1. The Bertz CT molecular complexity index is 1370. The number of aryl methyl sites for hydroxylation is 1. The van der Waals surface area contributed by atoms with Crippen molar-refractivity contribution in [1.82, 2.24) is 19.8 Å². The molecule has 0 amide bonds. The molecule has 1 aliphatic rings. The van der Waals surface area contributed by atoms with E-state index in [4.69, 9.17) is 0 Å². The highest BCUT2D eigenvalue weighted by atomic mass is 32.1. The van der Waals surface area contributed by atoms with Crippen LogP contribution in [0.25, 0.3) is 23.1 Å². The highest BCUT2D eigenvalue weighted by molar-refractivity contribution is 7.10. The highest BCUT2D eigenvalue weighted by Gasteiger charge is 2.15. The standard InChI is InChI=1S/C27H28N6S/c1-19-24-7-8-30-26(24)6-5-25(19)31-27-21(15-29-16-22(27)14-28)4-3-20-13-23(34-18-20)17-33-11-9-32(2)10-12-33/h3-8,13,15-16,18,30H,9-12,17H2,1-2H3,(H,29,31). The van der Waals surface area contributed by atoms with E-state index in [0.717, 1.165) is 60.7 Å². The molecule has 0 bridgehead atoms. The molecule has 1 saturated heterocycles. The van der Waals surface area contributed by atoms with E-state index in [0.29, 0.717) is 5.56 Å². The van der Waals surface area contributed by atoms with Crippen LogP contribution in [-0.2, 0) is 6.54 Å². The summed E-state index contributed by atoms with van der Waals surface area (Å²) in [5, 5.41) is 16.6. The van der Waals surface area contributed by atoms with Gasteiger partial charge in [0.05, 0.1) is 11.3 Å². The third-order valence-electron chi connectivity index (χ3n) is 6.46. The molecule has 0 aliphatic carbocycles. The fraction of sp³-hybridized carbons (Fsp3) is 0.259. The van der Waals surface area contributed by atoms with Gasteiger partial charge in [-0.3, -0.25) is 9.88 Å². The Morgan fingerprint density at radius 1 is 1.18 bits per heavy atom. The second-order valence-electron chi connectivity index (χ2n) is 8.82. The molecule has 6 nitrogen and oxygen atoms in total. The number of aromatic amines is 1. The van der Waals surface area contributed by atoms with Crippen molar-refractivity contribution in [2.45, 2.75) is 13.5 Å². The van der Waals surface area contributed by atoms with Gasteiger partial charge in [0, 0.05) is 78.3 Å². The van der Waals surface area contributed by atoms with E-state index in [2.05, 4.69) is 74.8 Å². The van der Waals surface area contributed by atoms with Gasteiger partial charge >= 0.3 is 0 Å². The number of piperazine rings is 1. The molecule has 3 aromatic heterocycles. The number of rotatable bonds is 6. The van der Waals surface area contributed by atoms with E-state index in [9.17, 15) is 5.26 Å². The normalized spacial score (nSPS) is 15.2. The molecule has 1 aromatic carbocycles. The van der Waals surface area contributed by atoms with Crippen LogP contribution in [0.5, 0.6) is 0 Å². The molecule has 2 N–H and O–H groups in total. The first kappa shape index (κ1) is 22.4. The van der Waals surface area contributed by atoms with E-state index < -0.39 is 0 Å². The van der Waals surface area contributed by atoms with E-state index in [1.165, 1.54) is 15.8 Å². The van der Waals surface area contributed by atoms with E-state index >= 15 is 0 Å². The summed E-state index contributed by atoms with van der Waals surface area (Å²) in [6, 6.07) is 10.7. The van der Waals surface area contributed by atoms with Gasteiger partial charge in [-0.2, -0.15) is 5.26 Å². The number of pyridine rings is 1. The fourth-order valence-corrected chi connectivity index (χ4v) is 5.26. The lowest BCUT2D eigenvalue weighted by Crippen LogP contribution is -2.43. The van der Waals surface area contributed by atoms with Gasteiger partial charge in [-0.25, -0.2) is 0 Å². The quantitative estimate of drug-likeness (QED) is 0.393. The molecule has 7 heteroatoms. The zero-order valence-electron chi connectivity index (χ0n) is 19.5. The number of nitrogens with zero attached hydrogens (tertiary/aromatic N) is 4. The first-order valence-corrected chi connectivity index (χ1v) is 12.4. The van der Waals surface area contributed by atoms with Crippen molar-refractivity contribution in [3.63, 3.8) is 0 Å². The minimum absolute atomic E-state index is 0.525. The van der Waals surface area contributed by atoms with Crippen LogP contribution in [0.15, 0.2) is 48.2 Å². The van der Waals surface area contributed by atoms with Crippen LogP contribution in [0.2, 0.25) is 0 Å². The molecular formula is C27H28N6S. The number of hydrogen-bond acceptors (Lipinski definition) is 6. The Morgan fingerprint density at radius 3 is 2.85 bits per heavy atom. The minimum atomic E-state index is 0.525. The predicted molar refractivity (Wildman–Crippen MR) is 141 cm³/mol. The van der Waals surface area contributed by atoms with Gasteiger partial charge in [-0.15, -0.1) is 11.3 Å². The summed E-state index contributed by atoms with van der Waals surface area (Å²) in [4.78, 5) is 13.8. The van der Waals surface area contributed by atoms with Gasteiger partial charge < -0.3 is 15.2 Å². The molecule has 0 radical (unpaired) electrons. The molecule has 0 saturated carbocycles. The maximum Gasteiger partial charge on any atom is 0.103 e. The minimum Gasteiger partial charge on any atom is -0.361 e. The first-order chi connectivity index (χ1) is 16.6. The van der Waals surface area contributed by atoms with E-state index in [-0.39, 0.29) is 0 Å². The molecule has 4 heterocycles. The van der Waals surface area contributed by atoms with Crippen LogP contribution >= 0.6 is 11.3 Å². The molecule has 34 heavy (non-hydrogen) atoms. The molecule has 172 valence electrons. The monoisotopic (exact) mass is 468 g/mol. The summed E-state index contributed by atoms with van der Waals surface area (Å²) in [7, 11) is 2.19. The van der Waals surface area contributed by atoms with Crippen molar-refractivity contribution >= 4 is 45.8 Å². The molecular weight excluding hydrogens is 440 g/mol. The fourth-order valence-electron chi connectivity index (χ4n) is 4.36. The van der Waals surface area contributed by atoms with E-state index in [1.807, 2.05) is 18.3 Å². The predicted octanol–water partition coefficient (Wildman–Crippen LogP) is 5.47. The molecule has 1 fully saturated rings. The van der Waals surface area contributed by atoms with Crippen LogP contribution in [0.4, 0.5) is 11.4 Å². The van der Waals surface area contributed by atoms with E-state index in [1.54, 1.807) is 23.7 Å². The first-order valence-electron chi connectivity index (χ1n) is 11.5. The summed E-state index contributed by atoms with van der Waals surface area (Å²) in [6.07, 6.45) is 9.52. The zero-order chi connectivity index (χ0) is 23.5. The lowest BCUT2D eigenvalue weighted by Gasteiger charge is -2.31. The van der Waals surface area contributed by atoms with Crippen LogP contribution in [-0.4, -0.2) is 53.0 Å². The highest BCUT2D eigenvalue weighted by Crippen LogP contribution is 2.31. The van der Waals surface area contributed by atoms with Crippen molar-refractivity contribution in [2.75, 3.05) is 38.5 Å². The van der Waals surface area contributed by atoms with Crippen LogP contribution in [0.3, 0.4) is 0 Å². The molecule has 1 aliphatic heterocycles. The molecule has 5 rings (SSSR count). The molecule has 0 unspecified atom stereocenters. The average Bonchev–Trinajstić information content (AvgIpc) is 3.51. The summed E-state index contributed by atoms with van der Waals surface area (Å²) in [5.41, 5.74) is 6.58. The van der Waals surface area contributed by atoms with Gasteiger partial charge in [0.2, 0.25) is 0 Å². The van der Waals surface area contributed by atoms with Crippen molar-refractivity contribution in [1.29, 1.82) is 5.26 Å². The number of thiophene rings is 1. The lowest BCUT2D eigenvalue weighted by molar-refractivity contribution is 0.149. The average molecular weight is 469 g/mol. The molecule has 0 spiro atoms.